The summed E-state index contributed by atoms with van der Waals surface area (Å²) in [5, 5.41) is 8.82. The fourth-order valence-electron chi connectivity index (χ4n) is 2.25. The summed E-state index contributed by atoms with van der Waals surface area (Å²) in [5.74, 6) is -0.123. The van der Waals surface area contributed by atoms with Crippen LogP contribution in [0.5, 0.6) is 0 Å². The summed E-state index contributed by atoms with van der Waals surface area (Å²) in [7, 11) is 0. The van der Waals surface area contributed by atoms with E-state index >= 15 is 0 Å². The van der Waals surface area contributed by atoms with Crippen LogP contribution in [0, 0.1) is 0 Å². The lowest BCUT2D eigenvalue weighted by Crippen LogP contribution is -2.44. The molecule has 3 N–H and O–H groups in total. The maximum Gasteiger partial charge on any atom is 0.222 e. The van der Waals surface area contributed by atoms with Crippen molar-refractivity contribution in [3.8, 4) is 0 Å². The van der Waals surface area contributed by atoms with Gasteiger partial charge in [0.15, 0.2) is 0 Å². The highest BCUT2D eigenvalue weighted by atomic mass is 16.5. The van der Waals surface area contributed by atoms with Gasteiger partial charge in [0.1, 0.15) is 0 Å². The number of carbonyl (C=O) groups is 2. The first-order valence-electron chi connectivity index (χ1n) is 7.62. The number of rotatable bonds is 7. The first-order chi connectivity index (χ1) is 10.7. The highest BCUT2D eigenvalue weighted by Gasteiger charge is 2.16. The second kappa shape index (κ2) is 9.17. The van der Waals surface area contributed by atoms with E-state index in [1.165, 1.54) is 0 Å². The molecule has 22 heavy (non-hydrogen) atoms. The first kappa shape index (κ1) is 16.5. The van der Waals surface area contributed by atoms with Crippen LogP contribution >= 0.6 is 0 Å². The normalized spacial score (nSPS) is 17.7. The third-order valence-electron chi connectivity index (χ3n) is 3.44. The van der Waals surface area contributed by atoms with Crippen LogP contribution in [0.1, 0.15) is 18.4 Å². The van der Waals surface area contributed by atoms with Crippen molar-refractivity contribution in [2.24, 2.45) is 0 Å². The predicted molar refractivity (Wildman–Crippen MR) is 83.1 cm³/mol. The molecule has 0 aliphatic carbocycles. The zero-order valence-electron chi connectivity index (χ0n) is 12.6. The standard InChI is InChI=1S/C16H23N3O3/c20-15(19-11-13-4-2-1-3-5-13)6-7-18-16(21)10-14-12-22-9-8-17-14/h1-5,14,17H,6-12H2,(H,18,21)(H,19,20). The van der Waals surface area contributed by atoms with Gasteiger partial charge in [0.05, 0.1) is 13.2 Å². The van der Waals surface area contributed by atoms with Crippen LogP contribution in [-0.4, -0.2) is 44.2 Å². The summed E-state index contributed by atoms with van der Waals surface area (Å²) < 4.78 is 5.29. The number of morpholine rings is 1. The van der Waals surface area contributed by atoms with Gasteiger partial charge in [-0.3, -0.25) is 9.59 Å². The zero-order chi connectivity index (χ0) is 15.6. The molecule has 1 saturated heterocycles. The summed E-state index contributed by atoms with van der Waals surface area (Å²) >= 11 is 0. The number of ether oxygens (including phenoxy) is 1. The van der Waals surface area contributed by atoms with Crippen molar-refractivity contribution in [3.63, 3.8) is 0 Å². The molecule has 1 unspecified atom stereocenters. The average Bonchev–Trinajstić information content (AvgIpc) is 2.55. The van der Waals surface area contributed by atoms with Crippen molar-refractivity contribution < 1.29 is 14.3 Å². The molecule has 0 spiro atoms. The smallest absolute Gasteiger partial charge is 0.222 e. The second-order valence-electron chi connectivity index (χ2n) is 5.29. The summed E-state index contributed by atoms with van der Waals surface area (Å²) in [4.78, 5) is 23.4. The van der Waals surface area contributed by atoms with Gasteiger partial charge >= 0.3 is 0 Å². The quantitative estimate of drug-likeness (QED) is 0.672. The molecule has 1 atom stereocenters. The second-order valence-corrected chi connectivity index (χ2v) is 5.29. The summed E-state index contributed by atoms with van der Waals surface area (Å²) in [5.41, 5.74) is 1.06. The third-order valence-corrected chi connectivity index (χ3v) is 3.44. The molecule has 2 rings (SSSR count). The number of carbonyl (C=O) groups excluding carboxylic acids is 2. The van der Waals surface area contributed by atoms with Crippen molar-refractivity contribution >= 4 is 11.8 Å². The van der Waals surface area contributed by atoms with E-state index in [9.17, 15) is 9.59 Å². The Morgan fingerprint density at radius 3 is 2.73 bits per heavy atom. The minimum Gasteiger partial charge on any atom is -0.378 e. The van der Waals surface area contributed by atoms with Crippen molar-refractivity contribution in [2.75, 3.05) is 26.3 Å². The van der Waals surface area contributed by atoms with E-state index in [1.54, 1.807) is 0 Å². The van der Waals surface area contributed by atoms with E-state index in [0.29, 0.717) is 32.7 Å². The zero-order valence-corrected chi connectivity index (χ0v) is 12.6. The average molecular weight is 305 g/mol. The van der Waals surface area contributed by atoms with E-state index in [2.05, 4.69) is 16.0 Å². The van der Waals surface area contributed by atoms with E-state index in [1.807, 2.05) is 30.3 Å². The number of amides is 2. The maximum absolute atomic E-state index is 11.7. The van der Waals surface area contributed by atoms with Gasteiger partial charge in [-0.2, -0.15) is 0 Å². The number of nitrogens with one attached hydrogen (secondary N) is 3. The van der Waals surface area contributed by atoms with Crippen molar-refractivity contribution in [1.29, 1.82) is 0 Å². The van der Waals surface area contributed by atoms with Crippen LogP contribution < -0.4 is 16.0 Å². The molecular weight excluding hydrogens is 282 g/mol. The third kappa shape index (κ3) is 6.24. The molecule has 2 amide bonds. The Morgan fingerprint density at radius 2 is 2.00 bits per heavy atom. The molecule has 0 aromatic heterocycles. The largest absolute Gasteiger partial charge is 0.378 e. The first-order valence-corrected chi connectivity index (χ1v) is 7.62. The molecule has 0 saturated carbocycles. The van der Waals surface area contributed by atoms with Gasteiger partial charge in [-0.05, 0) is 5.56 Å². The Kier molecular flexibility index (Phi) is 6.86. The monoisotopic (exact) mass is 305 g/mol. The molecule has 1 aliphatic rings. The molecule has 120 valence electrons. The molecule has 1 aliphatic heterocycles. The van der Waals surface area contributed by atoms with Gasteiger partial charge in [-0.1, -0.05) is 30.3 Å². The minimum atomic E-state index is -0.0664. The summed E-state index contributed by atoms with van der Waals surface area (Å²) in [6, 6.07) is 9.80. The lowest BCUT2D eigenvalue weighted by atomic mass is 10.2. The number of hydrogen-bond acceptors (Lipinski definition) is 4. The van der Waals surface area contributed by atoms with Crippen molar-refractivity contribution in [1.82, 2.24) is 16.0 Å². The molecule has 1 fully saturated rings. The Labute approximate surface area is 130 Å². The van der Waals surface area contributed by atoms with Crippen molar-refractivity contribution in [3.05, 3.63) is 35.9 Å². The van der Waals surface area contributed by atoms with Gasteiger partial charge in [0.25, 0.3) is 0 Å². The molecule has 0 radical (unpaired) electrons. The van der Waals surface area contributed by atoms with Gasteiger partial charge < -0.3 is 20.7 Å². The molecular formula is C16H23N3O3. The lowest BCUT2D eigenvalue weighted by molar-refractivity contribution is -0.123. The van der Waals surface area contributed by atoms with Crippen LogP contribution in [-0.2, 0) is 20.9 Å². The van der Waals surface area contributed by atoms with Gasteiger partial charge in [0.2, 0.25) is 11.8 Å². The number of hydrogen-bond donors (Lipinski definition) is 3. The maximum atomic E-state index is 11.7. The van der Waals surface area contributed by atoms with Crippen LogP contribution in [0.15, 0.2) is 30.3 Å². The molecule has 0 bridgehead atoms. The Bertz CT molecular complexity index is 473. The van der Waals surface area contributed by atoms with Gasteiger partial charge in [-0.15, -0.1) is 0 Å². The summed E-state index contributed by atoms with van der Waals surface area (Å²) in [6.07, 6.45) is 0.665. The van der Waals surface area contributed by atoms with Crippen LogP contribution in [0.4, 0.5) is 0 Å². The lowest BCUT2D eigenvalue weighted by Gasteiger charge is -2.23. The Hall–Kier alpha value is -1.92. The fourth-order valence-corrected chi connectivity index (χ4v) is 2.25. The van der Waals surface area contributed by atoms with E-state index in [4.69, 9.17) is 4.74 Å². The highest BCUT2D eigenvalue weighted by molar-refractivity contribution is 5.79. The van der Waals surface area contributed by atoms with E-state index in [0.717, 1.165) is 12.1 Å². The topological polar surface area (TPSA) is 79.5 Å². The van der Waals surface area contributed by atoms with Crippen LogP contribution in [0.3, 0.4) is 0 Å². The molecule has 6 heteroatoms. The SMILES string of the molecule is O=C(CCNC(=O)CC1COCCN1)NCc1ccccc1. The fraction of sp³-hybridized carbons (Fsp3) is 0.500. The Balaban J connectivity index is 1.55. The van der Waals surface area contributed by atoms with Crippen molar-refractivity contribution in [2.45, 2.75) is 25.4 Å². The van der Waals surface area contributed by atoms with Gasteiger partial charge in [0, 0.05) is 38.5 Å². The number of benzene rings is 1. The Morgan fingerprint density at radius 1 is 1.18 bits per heavy atom. The van der Waals surface area contributed by atoms with Crippen LogP contribution in [0.25, 0.3) is 0 Å². The minimum absolute atomic E-state index is 0.0566. The molecule has 1 aromatic carbocycles. The van der Waals surface area contributed by atoms with E-state index in [-0.39, 0.29) is 24.3 Å². The highest BCUT2D eigenvalue weighted by Crippen LogP contribution is 1.99. The van der Waals surface area contributed by atoms with Crippen LogP contribution in [0.2, 0.25) is 0 Å². The van der Waals surface area contributed by atoms with Gasteiger partial charge in [-0.25, -0.2) is 0 Å². The molecule has 1 aromatic rings. The summed E-state index contributed by atoms with van der Waals surface area (Å²) in [6.45, 7) is 2.90. The molecule has 1 heterocycles. The predicted octanol–water partition coefficient (Wildman–Crippen LogP) is 0.188. The van der Waals surface area contributed by atoms with E-state index < -0.39 is 0 Å². The molecule has 6 nitrogen and oxygen atoms in total.